The van der Waals surface area contributed by atoms with Gasteiger partial charge < -0.3 is 10.0 Å². The number of piperidine rings is 1. The molecule has 0 saturated carbocycles. The molecule has 0 aliphatic carbocycles. The molecule has 1 saturated heterocycles. The summed E-state index contributed by atoms with van der Waals surface area (Å²) in [6.45, 7) is 9.84. The average Bonchev–Trinajstić information content (AvgIpc) is 2.62. The zero-order chi connectivity index (χ0) is 19.5. The van der Waals surface area contributed by atoms with Crippen molar-refractivity contribution in [1.29, 1.82) is 0 Å². The van der Waals surface area contributed by atoms with Crippen LogP contribution in [0.2, 0.25) is 0 Å². The van der Waals surface area contributed by atoms with Crippen molar-refractivity contribution in [2.45, 2.75) is 117 Å². The topological polar surface area (TPSA) is 40.5 Å². The molecule has 26 heavy (non-hydrogen) atoms. The number of carbonyl (C=O) groups is 1. The van der Waals surface area contributed by atoms with Crippen molar-refractivity contribution in [2.24, 2.45) is 5.92 Å². The van der Waals surface area contributed by atoms with Gasteiger partial charge in [-0.15, -0.1) is 0 Å². The Hall–Kier alpha value is -0.570. The largest absolute Gasteiger partial charge is 0.481 e. The van der Waals surface area contributed by atoms with E-state index in [2.05, 4.69) is 18.7 Å². The number of hydrogen-bond acceptors (Lipinski definition) is 2. The molecule has 156 valence electrons. The van der Waals surface area contributed by atoms with Gasteiger partial charge in [-0.3, -0.25) is 4.79 Å². The quantitative estimate of drug-likeness (QED) is 0.338. The van der Waals surface area contributed by atoms with Gasteiger partial charge in [-0.2, -0.15) is 0 Å². The summed E-state index contributed by atoms with van der Waals surface area (Å²) in [4.78, 5) is 11.7. The average molecular weight is 370 g/mol. The SMILES string of the molecule is CC(=O)O.CCCCCCCCCCCCN1CCC(CCCC)CC1. The zero-order valence-electron chi connectivity index (χ0n) is 18.1. The fraction of sp³-hybridized carbons (Fsp3) is 0.957. The molecule has 1 heterocycles. The lowest BCUT2D eigenvalue weighted by Gasteiger charge is -2.32. The van der Waals surface area contributed by atoms with E-state index in [4.69, 9.17) is 9.90 Å². The van der Waals surface area contributed by atoms with Gasteiger partial charge in [0.25, 0.3) is 5.97 Å². The van der Waals surface area contributed by atoms with Crippen LogP contribution in [0.5, 0.6) is 0 Å². The lowest BCUT2D eigenvalue weighted by atomic mass is 9.91. The molecule has 1 N–H and O–H groups in total. The van der Waals surface area contributed by atoms with Crippen LogP contribution in [0, 0.1) is 5.92 Å². The van der Waals surface area contributed by atoms with Crippen LogP contribution in [0.4, 0.5) is 0 Å². The first-order valence-electron chi connectivity index (χ1n) is 11.5. The number of nitrogens with zero attached hydrogens (tertiary/aromatic N) is 1. The maximum Gasteiger partial charge on any atom is 0.300 e. The van der Waals surface area contributed by atoms with Gasteiger partial charge in [-0.1, -0.05) is 90.9 Å². The van der Waals surface area contributed by atoms with Crippen LogP contribution < -0.4 is 0 Å². The molecule has 0 unspecified atom stereocenters. The van der Waals surface area contributed by atoms with Gasteiger partial charge in [0.15, 0.2) is 0 Å². The van der Waals surface area contributed by atoms with Crippen molar-refractivity contribution >= 4 is 5.97 Å². The summed E-state index contributed by atoms with van der Waals surface area (Å²) in [5.74, 6) is 0.212. The molecule has 0 amide bonds. The molecular weight excluding hydrogens is 322 g/mol. The van der Waals surface area contributed by atoms with Crippen LogP contribution in [-0.2, 0) is 4.79 Å². The van der Waals surface area contributed by atoms with E-state index in [1.807, 2.05) is 0 Å². The van der Waals surface area contributed by atoms with Gasteiger partial charge in [-0.05, 0) is 44.8 Å². The first-order chi connectivity index (χ1) is 12.6. The van der Waals surface area contributed by atoms with Crippen LogP contribution in [0.25, 0.3) is 0 Å². The van der Waals surface area contributed by atoms with Gasteiger partial charge >= 0.3 is 0 Å². The highest BCUT2D eigenvalue weighted by atomic mass is 16.4. The van der Waals surface area contributed by atoms with E-state index in [9.17, 15) is 0 Å². The summed E-state index contributed by atoms with van der Waals surface area (Å²) < 4.78 is 0. The van der Waals surface area contributed by atoms with E-state index >= 15 is 0 Å². The fourth-order valence-electron chi connectivity index (χ4n) is 3.81. The minimum Gasteiger partial charge on any atom is -0.481 e. The Morgan fingerprint density at radius 2 is 1.23 bits per heavy atom. The third-order valence-corrected chi connectivity index (χ3v) is 5.50. The second-order valence-corrected chi connectivity index (χ2v) is 8.13. The van der Waals surface area contributed by atoms with E-state index in [1.165, 1.54) is 116 Å². The summed E-state index contributed by atoms with van der Waals surface area (Å²) >= 11 is 0. The highest BCUT2D eigenvalue weighted by Gasteiger charge is 2.17. The van der Waals surface area contributed by atoms with Crippen LogP contribution in [0.1, 0.15) is 117 Å². The molecule has 0 spiro atoms. The van der Waals surface area contributed by atoms with Crippen molar-refractivity contribution < 1.29 is 9.90 Å². The Morgan fingerprint density at radius 1 is 0.808 bits per heavy atom. The smallest absolute Gasteiger partial charge is 0.300 e. The highest BCUT2D eigenvalue weighted by molar-refractivity contribution is 5.62. The third kappa shape index (κ3) is 18.2. The molecule has 0 aromatic rings. The second-order valence-electron chi connectivity index (χ2n) is 8.13. The van der Waals surface area contributed by atoms with Crippen molar-refractivity contribution in [2.75, 3.05) is 19.6 Å². The van der Waals surface area contributed by atoms with Gasteiger partial charge in [0, 0.05) is 6.92 Å². The van der Waals surface area contributed by atoms with Gasteiger partial charge in [0.05, 0.1) is 0 Å². The summed E-state index contributed by atoms with van der Waals surface area (Å²) in [5.41, 5.74) is 0. The van der Waals surface area contributed by atoms with Gasteiger partial charge in [-0.25, -0.2) is 0 Å². The lowest BCUT2D eigenvalue weighted by Crippen LogP contribution is -2.34. The Morgan fingerprint density at radius 3 is 1.69 bits per heavy atom. The minimum atomic E-state index is -0.833. The predicted octanol–water partition coefficient (Wildman–Crippen LogP) is 6.90. The maximum absolute atomic E-state index is 9.00. The van der Waals surface area contributed by atoms with Crippen molar-refractivity contribution in [3.63, 3.8) is 0 Å². The van der Waals surface area contributed by atoms with Crippen LogP contribution in [-0.4, -0.2) is 35.6 Å². The molecule has 3 heteroatoms. The van der Waals surface area contributed by atoms with Gasteiger partial charge in [0.1, 0.15) is 0 Å². The van der Waals surface area contributed by atoms with E-state index in [0.717, 1.165) is 12.8 Å². The minimum absolute atomic E-state index is 0.833. The summed E-state index contributed by atoms with van der Waals surface area (Å²) in [7, 11) is 0. The zero-order valence-corrected chi connectivity index (χ0v) is 18.1. The molecule has 0 radical (unpaired) electrons. The molecule has 3 nitrogen and oxygen atoms in total. The lowest BCUT2D eigenvalue weighted by molar-refractivity contribution is -0.134. The number of rotatable bonds is 14. The van der Waals surface area contributed by atoms with E-state index in [-0.39, 0.29) is 0 Å². The van der Waals surface area contributed by atoms with Crippen LogP contribution >= 0.6 is 0 Å². The Kier molecular flexibility index (Phi) is 18.8. The maximum atomic E-state index is 9.00. The van der Waals surface area contributed by atoms with Crippen molar-refractivity contribution in [3.8, 4) is 0 Å². The number of carboxylic acid groups (broad SMARTS) is 1. The fourth-order valence-corrected chi connectivity index (χ4v) is 3.81. The second kappa shape index (κ2) is 19.2. The molecule has 0 aromatic heterocycles. The first-order valence-corrected chi connectivity index (χ1v) is 11.5. The molecule has 1 rings (SSSR count). The number of likely N-dealkylation sites (tertiary alicyclic amines) is 1. The Bertz CT molecular complexity index is 295. The summed E-state index contributed by atoms with van der Waals surface area (Å²) in [6.07, 6.45) is 21.8. The molecule has 1 aliphatic heterocycles. The number of carboxylic acids is 1. The van der Waals surface area contributed by atoms with E-state index in [1.54, 1.807) is 0 Å². The highest BCUT2D eigenvalue weighted by Crippen LogP contribution is 2.22. The molecular formula is C23H47NO2. The van der Waals surface area contributed by atoms with Crippen LogP contribution in [0.3, 0.4) is 0 Å². The van der Waals surface area contributed by atoms with Crippen molar-refractivity contribution in [1.82, 2.24) is 4.90 Å². The van der Waals surface area contributed by atoms with E-state index < -0.39 is 5.97 Å². The first kappa shape index (κ1) is 25.4. The molecule has 1 fully saturated rings. The molecule has 1 aliphatic rings. The summed E-state index contributed by atoms with van der Waals surface area (Å²) in [6, 6.07) is 0. The number of aliphatic carboxylic acids is 1. The third-order valence-electron chi connectivity index (χ3n) is 5.50. The number of hydrogen-bond donors (Lipinski definition) is 1. The van der Waals surface area contributed by atoms with Crippen LogP contribution in [0.15, 0.2) is 0 Å². The molecule has 0 bridgehead atoms. The predicted molar refractivity (Wildman–Crippen MR) is 114 cm³/mol. The number of unbranched alkanes of at least 4 members (excludes halogenated alkanes) is 10. The standard InChI is InChI=1S/C21H43N.C2H4O2/c1-3-5-7-8-9-10-11-12-13-14-18-22-19-16-21(17-20-22)15-6-4-2;1-2(3)4/h21H,3-20H2,1-2H3;1H3,(H,3,4). The van der Waals surface area contributed by atoms with E-state index in [0.29, 0.717) is 0 Å². The van der Waals surface area contributed by atoms with Gasteiger partial charge in [0.2, 0.25) is 0 Å². The Balaban J connectivity index is 0.00000141. The Labute approximate surface area is 163 Å². The molecule has 0 aromatic carbocycles. The summed E-state index contributed by atoms with van der Waals surface area (Å²) in [5, 5.41) is 7.42. The monoisotopic (exact) mass is 369 g/mol. The normalized spacial score (nSPS) is 15.5. The van der Waals surface area contributed by atoms with Crippen molar-refractivity contribution in [3.05, 3.63) is 0 Å². The molecule has 0 atom stereocenters.